The van der Waals surface area contributed by atoms with E-state index in [1.807, 2.05) is 13.8 Å². The van der Waals surface area contributed by atoms with Crippen molar-refractivity contribution in [3.63, 3.8) is 0 Å². The summed E-state index contributed by atoms with van der Waals surface area (Å²) in [4.78, 5) is 17.6. The second-order valence-corrected chi connectivity index (χ2v) is 8.28. The van der Waals surface area contributed by atoms with Crippen LogP contribution in [0, 0.1) is 17.3 Å². The lowest BCUT2D eigenvalue weighted by Gasteiger charge is -2.33. The van der Waals surface area contributed by atoms with Crippen LogP contribution < -0.4 is 5.32 Å². The number of carbonyl (C=O) groups is 1. The average molecular weight is 333 g/mol. The van der Waals surface area contributed by atoms with Gasteiger partial charge in [-0.25, -0.2) is 4.98 Å². The van der Waals surface area contributed by atoms with Gasteiger partial charge < -0.3 is 5.32 Å². The molecule has 0 aliphatic heterocycles. The third-order valence-electron chi connectivity index (χ3n) is 4.04. The van der Waals surface area contributed by atoms with Crippen LogP contribution in [0.2, 0.25) is 0 Å². The van der Waals surface area contributed by atoms with Crippen molar-refractivity contribution < 1.29 is 4.79 Å². The molecule has 0 radical (unpaired) electrons. The Labute approximate surface area is 144 Å². The van der Waals surface area contributed by atoms with Gasteiger partial charge in [0.15, 0.2) is 5.13 Å². The Morgan fingerprint density at radius 1 is 1.35 bits per heavy atom. The number of hydrogen-bond acceptors (Lipinski definition) is 3. The number of aromatic nitrogens is 1. The number of anilines is 1. The van der Waals surface area contributed by atoms with Crippen LogP contribution in [0.1, 0.15) is 51.6 Å². The highest BCUT2D eigenvalue weighted by Gasteiger charge is 2.30. The Kier molecular flexibility index (Phi) is 7.02. The van der Waals surface area contributed by atoms with Gasteiger partial charge in [0.05, 0.1) is 5.69 Å². The average Bonchev–Trinajstić information content (AvgIpc) is 2.87. The summed E-state index contributed by atoms with van der Waals surface area (Å²) in [5.41, 5.74) is 6.19. The molecular weight excluding hydrogens is 304 g/mol. The molecule has 1 aromatic rings. The van der Waals surface area contributed by atoms with Gasteiger partial charge in [-0.2, -0.15) is 0 Å². The number of aryl methyl sites for hydroxylation is 1. The van der Waals surface area contributed by atoms with Crippen molar-refractivity contribution in [2.24, 2.45) is 17.3 Å². The van der Waals surface area contributed by atoms with E-state index in [0.29, 0.717) is 11.3 Å². The van der Waals surface area contributed by atoms with Gasteiger partial charge in [-0.05, 0) is 43.8 Å². The van der Waals surface area contributed by atoms with Crippen molar-refractivity contribution in [1.29, 1.82) is 0 Å². The molecule has 0 fully saturated rings. The van der Waals surface area contributed by atoms with Crippen LogP contribution in [-0.2, 0) is 17.6 Å². The molecule has 1 N–H and O–H groups in total. The highest BCUT2D eigenvalue weighted by molar-refractivity contribution is 7.15. The summed E-state index contributed by atoms with van der Waals surface area (Å²) in [6, 6.07) is 0. The van der Waals surface area contributed by atoms with Gasteiger partial charge in [-0.3, -0.25) is 4.79 Å². The molecule has 126 valence electrons. The molecule has 0 aromatic carbocycles. The van der Waals surface area contributed by atoms with Gasteiger partial charge in [0.25, 0.3) is 0 Å². The second kappa shape index (κ2) is 8.31. The van der Waals surface area contributed by atoms with Crippen LogP contribution in [0.5, 0.6) is 0 Å². The standard InChI is InChI=1S/C15H24N2OS.C4H4/c1-9(2)13(18)17-14-16-11-7-6-10(15(3,4)5)8-12(11)19-14;1-3-4-2/h9-10H,6-8H2,1-5H3,(H,16,17,18);1-2H2. The van der Waals surface area contributed by atoms with E-state index in [-0.39, 0.29) is 11.8 Å². The first-order valence-electron chi connectivity index (χ1n) is 8.02. The van der Waals surface area contributed by atoms with Gasteiger partial charge >= 0.3 is 0 Å². The molecule has 0 bridgehead atoms. The van der Waals surface area contributed by atoms with Crippen LogP contribution in [-0.4, -0.2) is 10.9 Å². The molecule has 23 heavy (non-hydrogen) atoms. The molecule has 1 amide bonds. The van der Waals surface area contributed by atoms with E-state index >= 15 is 0 Å². The molecule has 1 aliphatic carbocycles. The highest BCUT2D eigenvalue weighted by Crippen LogP contribution is 2.40. The van der Waals surface area contributed by atoms with Gasteiger partial charge in [-0.1, -0.05) is 46.1 Å². The van der Waals surface area contributed by atoms with E-state index in [1.54, 1.807) is 11.3 Å². The van der Waals surface area contributed by atoms with Crippen LogP contribution in [0.3, 0.4) is 0 Å². The molecular formula is C19H28N2OS. The lowest BCUT2D eigenvalue weighted by Crippen LogP contribution is -2.26. The number of nitrogens with zero attached hydrogens (tertiary/aromatic N) is 1. The fourth-order valence-corrected chi connectivity index (χ4v) is 3.51. The summed E-state index contributed by atoms with van der Waals surface area (Å²) in [5.74, 6) is 0.774. The van der Waals surface area contributed by atoms with Crippen molar-refractivity contribution >= 4 is 22.4 Å². The number of fused-ring (bicyclic) bond motifs is 1. The minimum Gasteiger partial charge on any atom is -0.302 e. The predicted octanol–water partition coefficient (Wildman–Crippen LogP) is 5.00. The first-order chi connectivity index (χ1) is 10.7. The molecule has 4 heteroatoms. The molecule has 1 aliphatic rings. The maximum absolute atomic E-state index is 11.7. The van der Waals surface area contributed by atoms with Gasteiger partial charge in [-0.15, -0.1) is 11.3 Å². The zero-order valence-corrected chi connectivity index (χ0v) is 15.8. The van der Waals surface area contributed by atoms with Crippen molar-refractivity contribution in [3.8, 4) is 0 Å². The van der Waals surface area contributed by atoms with Crippen molar-refractivity contribution in [2.45, 2.75) is 53.9 Å². The molecule has 1 heterocycles. The highest BCUT2D eigenvalue weighted by atomic mass is 32.1. The topological polar surface area (TPSA) is 42.0 Å². The second-order valence-electron chi connectivity index (χ2n) is 7.19. The van der Waals surface area contributed by atoms with Crippen molar-refractivity contribution in [3.05, 3.63) is 35.2 Å². The monoisotopic (exact) mass is 332 g/mol. The molecule has 1 atom stereocenters. The molecule has 2 rings (SSSR count). The number of carbonyl (C=O) groups excluding carboxylic acids is 1. The third-order valence-corrected chi connectivity index (χ3v) is 5.08. The van der Waals surface area contributed by atoms with E-state index in [9.17, 15) is 4.79 Å². The van der Waals surface area contributed by atoms with E-state index in [4.69, 9.17) is 0 Å². The van der Waals surface area contributed by atoms with Crippen LogP contribution in [0.15, 0.2) is 24.6 Å². The quantitative estimate of drug-likeness (QED) is 0.774. The number of hydrogen-bond donors (Lipinski definition) is 1. The molecule has 1 unspecified atom stereocenters. The lowest BCUT2D eigenvalue weighted by atomic mass is 9.73. The normalized spacial score (nSPS) is 16.5. The molecule has 0 spiro atoms. The Morgan fingerprint density at radius 3 is 2.43 bits per heavy atom. The molecule has 0 saturated heterocycles. The smallest absolute Gasteiger partial charge is 0.228 e. The Morgan fingerprint density at radius 2 is 1.96 bits per heavy atom. The number of nitrogens with one attached hydrogen (secondary N) is 1. The van der Waals surface area contributed by atoms with Crippen LogP contribution >= 0.6 is 11.3 Å². The summed E-state index contributed by atoms with van der Waals surface area (Å²) in [5, 5.41) is 3.70. The maximum atomic E-state index is 11.7. The van der Waals surface area contributed by atoms with E-state index in [0.717, 1.165) is 18.0 Å². The first-order valence-corrected chi connectivity index (χ1v) is 8.84. The summed E-state index contributed by atoms with van der Waals surface area (Å²) < 4.78 is 0. The predicted molar refractivity (Wildman–Crippen MR) is 98.8 cm³/mol. The fraction of sp³-hybridized carbons (Fsp3) is 0.579. The molecule has 1 aromatic heterocycles. The number of amides is 1. The molecule has 3 nitrogen and oxygen atoms in total. The van der Waals surface area contributed by atoms with Crippen LogP contribution in [0.4, 0.5) is 5.13 Å². The Bertz CT molecular complexity index is 602. The van der Waals surface area contributed by atoms with E-state index < -0.39 is 0 Å². The van der Waals surface area contributed by atoms with E-state index in [1.165, 1.54) is 17.0 Å². The van der Waals surface area contributed by atoms with Crippen LogP contribution in [0.25, 0.3) is 0 Å². The van der Waals surface area contributed by atoms with Gasteiger partial charge in [0, 0.05) is 10.8 Å². The summed E-state index contributed by atoms with van der Waals surface area (Å²) in [7, 11) is 0. The zero-order chi connectivity index (χ0) is 17.6. The first kappa shape index (κ1) is 19.4. The van der Waals surface area contributed by atoms with Crippen molar-refractivity contribution in [2.75, 3.05) is 5.32 Å². The maximum Gasteiger partial charge on any atom is 0.228 e. The third kappa shape index (κ3) is 5.84. The van der Waals surface area contributed by atoms with Gasteiger partial charge in [0.1, 0.15) is 0 Å². The van der Waals surface area contributed by atoms with Gasteiger partial charge in [0.2, 0.25) is 5.91 Å². The molecule has 0 saturated carbocycles. The zero-order valence-electron chi connectivity index (χ0n) is 15.0. The van der Waals surface area contributed by atoms with Crippen molar-refractivity contribution in [1.82, 2.24) is 4.98 Å². The Hall–Kier alpha value is -1.60. The fourth-order valence-electron chi connectivity index (χ4n) is 2.42. The number of thiazole rings is 1. The summed E-state index contributed by atoms with van der Waals surface area (Å²) >= 11 is 1.66. The minimum absolute atomic E-state index is 0.00301. The van der Waals surface area contributed by atoms with E-state index in [2.05, 4.69) is 55.7 Å². The Balaban J connectivity index is 0.000000593. The largest absolute Gasteiger partial charge is 0.302 e. The SMILES string of the molecule is C=C=C=C.CC(C)C(=O)Nc1nc2c(s1)CC(C(C)(C)C)CC2. The minimum atomic E-state index is 0.00301. The number of rotatable bonds is 2. The summed E-state index contributed by atoms with van der Waals surface area (Å²) in [6.45, 7) is 17.1. The summed E-state index contributed by atoms with van der Waals surface area (Å²) in [6.07, 6.45) is 3.36. The lowest BCUT2D eigenvalue weighted by molar-refractivity contribution is -0.118.